The number of aromatic nitrogens is 4. The predicted molar refractivity (Wildman–Crippen MR) is 69.8 cm³/mol. The number of hydrogen-bond donors (Lipinski definition) is 2. The second kappa shape index (κ2) is 4.87. The second-order valence-corrected chi connectivity index (χ2v) is 5.04. The highest BCUT2D eigenvalue weighted by molar-refractivity contribution is 5.92. The molecule has 0 aliphatic carbocycles. The van der Waals surface area contributed by atoms with Gasteiger partial charge in [-0.05, 0) is 31.9 Å². The van der Waals surface area contributed by atoms with E-state index in [1.807, 2.05) is 17.9 Å². The van der Waals surface area contributed by atoms with Crippen molar-refractivity contribution in [1.29, 1.82) is 0 Å². The maximum absolute atomic E-state index is 12.3. The molecule has 100 valence electrons. The molecule has 2 aromatic rings. The lowest BCUT2D eigenvalue weighted by atomic mass is 9.95. The number of aryl methyl sites for hydroxylation is 1. The molecule has 2 N–H and O–H groups in total. The standard InChI is InChI=1S/C13H17N5O/c1-9-7-12(17-15-9)13(19)18-6-2-3-10(8-18)11-4-5-14-16-11/h4-5,7,10H,2-3,6,8H2,1H3,(H,14,16)(H,15,17). The highest BCUT2D eigenvalue weighted by Crippen LogP contribution is 2.25. The average molecular weight is 259 g/mol. The van der Waals surface area contributed by atoms with E-state index in [0.717, 1.165) is 37.3 Å². The van der Waals surface area contributed by atoms with E-state index in [0.29, 0.717) is 11.6 Å². The van der Waals surface area contributed by atoms with E-state index in [1.165, 1.54) is 0 Å². The van der Waals surface area contributed by atoms with Crippen LogP contribution in [0.15, 0.2) is 18.3 Å². The van der Waals surface area contributed by atoms with Gasteiger partial charge in [-0.15, -0.1) is 0 Å². The Labute approximate surface area is 111 Å². The second-order valence-electron chi connectivity index (χ2n) is 5.04. The molecule has 0 aromatic carbocycles. The van der Waals surface area contributed by atoms with Crippen molar-refractivity contribution in [2.24, 2.45) is 0 Å². The van der Waals surface area contributed by atoms with Crippen molar-refractivity contribution in [3.8, 4) is 0 Å². The van der Waals surface area contributed by atoms with Crippen LogP contribution in [0.3, 0.4) is 0 Å². The third kappa shape index (κ3) is 2.38. The first-order valence-corrected chi connectivity index (χ1v) is 6.54. The number of hydrogen-bond acceptors (Lipinski definition) is 3. The largest absolute Gasteiger partial charge is 0.337 e. The zero-order valence-electron chi connectivity index (χ0n) is 10.9. The number of likely N-dealkylation sites (tertiary alicyclic amines) is 1. The number of carbonyl (C=O) groups excluding carboxylic acids is 1. The van der Waals surface area contributed by atoms with E-state index >= 15 is 0 Å². The SMILES string of the molecule is Cc1cc(C(=O)N2CCCC(c3ccn[nH]3)C2)n[nH]1. The molecule has 0 radical (unpaired) electrons. The van der Waals surface area contributed by atoms with Gasteiger partial charge >= 0.3 is 0 Å². The minimum absolute atomic E-state index is 0.00793. The van der Waals surface area contributed by atoms with Crippen molar-refractivity contribution in [2.75, 3.05) is 13.1 Å². The molecule has 1 aliphatic rings. The third-order valence-electron chi connectivity index (χ3n) is 3.60. The summed E-state index contributed by atoms with van der Waals surface area (Å²) in [6.45, 7) is 3.43. The lowest BCUT2D eigenvalue weighted by molar-refractivity contribution is 0.0700. The van der Waals surface area contributed by atoms with Crippen LogP contribution in [0.2, 0.25) is 0 Å². The molecular formula is C13H17N5O. The molecule has 0 saturated carbocycles. The minimum atomic E-state index is 0.00793. The first-order valence-electron chi connectivity index (χ1n) is 6.54. The molecule has 0 spiro atoms. The lowest BCUT2D eigenvalue weighted by Crippen LogP contribution is -2.39. The molecule has 2 aromatic heterocycles. The van der Waals surface area contributed by atoms with Crippen LogP contribution in [0.4, 0.5) is 0 Å². The summed E-state index contributed by atoms with van der Waals surface area (Å²) in [7, 11) is 0. The minimum Gasteiger partial charge on any atom is -0.337 e. The maximum atomic E-state index is 12.3. The fourth-order valence-corrected chi connectivity index (χ4v) is 2.60. The van der Waals surface area contributed by atoms with E-state index in [1.54, 1.807) is 12.3 Å². The van der Waals surface area contributed by atoms with Gasteiger partial charge in [0.2, 0.25) is 0 Å². The lowest BCUT2D eigenvalue weighted by Gasteiger charge is -2.31. The van der Waals surface area contributed by atoms with Gasteiger partial charge in [-0.1, -0.05) is 0 Å². The van der Waals surface area contributed by atoms with Crippen LogP contribution in [-0.4, -0.2) is 44.3 Å². The Morgan fingerprint density at radius 1 is 1.47 bits per heavy atom. The van der Waals surface area contributed by atoms with Gasteiger partial charge in [0.1, 0.15) is 5.69 Å². The van der Waals surface area contributed by atoms with Crippen LogP contribution >= 0.6 is 0 Å². The Kier molecular flexibility index (Phi) is 3.06. The summed E-state index contributed by atoms with van der Waals surface area (Å²) >= 11 is 0. The number of carbonyl (C=O) groups is 1. The summed E-state index contributed by atoms with van der Waals surface area (Å²) in [6, 6.07) is 3.78. The Morgan fingerprint density at radius 3 is 3.05 bits per heavy atom. The molecule has 1 aliphatic heterocycles. The van der Waals surface area contributed by atoms with Crippen LogP contribution in [0.25, 0.3) is 0 Å². The van der Waals surface area contributed by atoms with Crippen LogP contribution in [0.1, 0.15) is 40.6 Å². The number of rotatable bonds is 2. The van der Waals surface area contributed by atoms with Gasteiger partial charge in [-0.25, -0.2) is 0 Å². The molecule has 6 heteroatoms. The maximum Gasteiger partial charge on any atom is 0.274 e. The van der Waals surface area contributed by atoms with Gasteiger partial charge < -0.3 is 4.90 Å². The van der Waals surface area contributed by atoms with Crippen LogP contribution in [0.5, 0.6) is 0 Å². The average Bonchev–Trinajstić information content (AvgIpc) is 3.09. The Morgan fingerprint density at radius 2 is 2.37 bits per heavy atom. The van der Waals surface area contributed by atoms with Crippen LogP contribution in [-0.2, 0) is 0 Å². The first kappa shape index (κ1) is 12.0. The topological polar surface area (TPSA) is 77.7 Å². The third-order valence-corrected chi connectivity index (χ3v) is 3.60. The number of piperidine rings is 1. The monoisotopic (exact) mass is 259 g/mol. The van der Waals surface area contributed by atoms with E-state index < -0.39 is 0 Å². The number of aromatic amines is 2. The number of amides is 1. The normalized spacial score (nSPS) is 19.6. The summed E-state index contributed by atoms with van der Waals surface area (Å²) in [6.07, 6.45) is 3.86. The molecule has 1 atom stereocenters. The van der Waals surface area contributed by atoms with Crippen LogP contribution in [0, 0.1) is 6.92 Å². The molecule has 1 saturated heterocycles. The Balaban J connectivity index is 1.73. The molecule has 19 heavy (non-hydrogen) atoms. The van der Waals surface area contributed by atoms with Crippen molar-refractivity contribution in [1.82, 2.24) is 25.3 Å². The summed E-state index contributed by atoms with van der Waals surface area (Å²) in [5, 5.41) is 13.8. The zero-order valence-corrected chi connectivity index (χ0v) is 10.9. The molecular weight excluding hydrogens is 242 g/mol. The van der Waals surface area contributed by atoms with E-state index in [9.17, 15) is 4.79 Å². The highest BCUT2D eigenvalue weighted by atomic mass is 16.2. The molecule has 3 heterocycles. The van der Waals surface area contributed by atoms with E-state index in [-0.39, 0.29) is 5.91 Å². The molecule has 0 bridgehead atoms. The number of nitrogens with zero attached hydrogens (tertiary/aromatic N) is 3. The quantitative estimate of drug-likeness (QED) is 0.857. The molecule has 1 unspecified atom stereocenters. The van der Waals surface area contributed by atoms with Gasteiger partial charge in [0.15, 0.2) is 0 Å². The molecule has 6 nitrogen and oxygen atoms in total. The Bertz CT molecular complexity index is 559. The van der Waals surface area contributed by atoms with Crippen molar-refractivity contribution in [2.45, 2.75) is 25.7 Å². The van der Waals surface area contributed by atoms with Crippen molar-refractivity contribution >= 4 is 5.91 Å². The fraction of sp³-hybridized carbons (Fsp3) is 0.462. The fourth-order valence-electron chi connectivity index (χ4n) is 2.60. The van der Waals surface area contributed by atoms with E-state index in [2.05, 4.69) is 20.4 Å². The van der Waals surface area contributed by atoms with Crippen LogP contribution < -0.4 is 0 Å². The van der Waals surface area contributed by atoms with Gasteiger partial charge in [0.05, 0.1) is 0 Å². The van der Waals surface area contributed by atoms with Gasteiger partial charge in [-0.2, -0.15) is 10.2 Å². The first-order chi connectivity index (χ1) is 9.24. The molecule has 3 rings (SSSR count). The molecule has 1 fully saturated rings. The smallest absolute Gasteiger partial charge is 0.274 e. The molecule has 1 amide bonds. The number of nitrogens with one attached hydrogen (secondary N) is 2. The Hall–Kier alpha value is -2.11. The highest BCUT2D eigenvalue weighted by Gasteiger charge is 2.27. The summed E-state index contributed by atoms with van der Waals surface area (Å²) in [5.74, 6) is 0.355. The van der Waals surface area contributed by atoms with E-state index in [4.69, 9.17) is 0 Å². The summed E-state index contributed by atoms with van der Waals surface area (Å²) in [5.41, 5.74) is 2.52. The van der Waals surface area contributed by atoms with Gasteiger partial charge in [0, 0.05) is 36.6 Å². The van der Waals surface area contributed by atoms with Crippen molar-refractivity contribution in [3.63, 3.8) is 0 Å². The zero-order chi connectivity index (χ0) is 13.2. The van der Waals surface area contributed by atoms with Gasteiger partial charge in [0.25, 0.3) is 5.91 Å². The summed E-state index contributed by atoms with van der Waals surface area (Å²) < 4.78 is 0. The summed E-state index contributed by atoms with van der Waals surface area (Å²) in [4.78, 5) is 14.2. The van der Waals surface area contributed by atoms with Gasteiger partial charge in [-0.3, -0.25) is 15.0 Å². The number of H-pyrrole nitrogens is 2. The predicted octanol–water partition coefficient (Wildman–Crippen LogP) is 1.46. The van der Waals surface area contributed by atoms with Crippen molar-refractivity contribution < 1.29 is 4.79 Å². The van der Waals surface area contributed by atoms with Crippen molar-refractivity contribution in [3.05, 3.63) is 35.4 Å².